The Labute approximate surface area is 224 Å². The summed E-state index contributed by atoms with van der Waals surface area (Å²) in [5.41, 5.74) is 9.49. The van der Waals surface area contributed by atoms with Crippen LogP contribution >= 0.6 is 0 Å². The van der Waals surface area contributed by atoms with Gasteiger partial charge in [-0.25, -0.2) is 4.79 Å². The molecular weight excluding hydrogens is 480 g/mol. The van der Waals surface area contributed by atoms with Crippen molar-refractivity contribution in [3.8, 4) is 11.3 Å². The van der Waals surface area contributed by atoms with Crippen LogP contribution in [0.1, 0.15) is 38.3 Å². The van der Waals surface area contributed by atoms with E-state index in [0.29, 0.717) is 12.8 Å². The third-order valence-corrected chi connectivity index (χ3v) is 6.47. The normalized spacial score (nSPS) is 14.7. The molecule has 4 atom stereocenters. The minimum atomic E-state index is -1.27. The van der Waals surface area contributed by atoms with E-state index < -0.39 is 41.6 Å². The van der Waals surface area contributed by atoms with Crippen LogP contribution in [0, 0.1) is 5.41 Å². The van der Waals surface area contributed by atoms with E-state index in [-0.39, 0.29) is 6.42 Å². The molecule has 8 heteroatoms. The minimum absolute atomic E-state index is 0.214. The molecule has 0 spiro atoms. The lowest BCUT2D eigenvalue weighted by Gasteiger charge is -2.32. The van der Waals surface area contributed by atoms with Gasteiger partial charge in [0.15, 0.2) is 0 Å². The first-order valence-corrected chi connectivity index (χ1v) is 12.8. The zero-order chi connectivity index (χ0) is 27.7. The summed E-state index contributed by atoms with van der Waals surface area (Å²) in [5, 5.41) is 25.6. The molecule has 0 aliphatic carbocycles. The summed E-state index contributed by atoms with van der Waals surface area (Å²) >= 11 is 0. The van der Waals surface area contributed by atoms with Crippen LogP contribution in [0.4, 0.5) is 4.79 Å². The van der Waals surface area contributed by atoms with Crippen LogP contribution in [0.5, 0.6) is 0 Å². The van der Waals surface area contributed by atoms with E-state index in [1.807, 2.05) is 72.8 Å². The molecule has 1 aromatic heterocycles. The Morgan fingerprint density at radius 1 is 0.895 bits per heavy atom. The average molecular weight is 519 g/mol. The number of aliphatic hydroxyl groups is 1. The number of hydrogen-bond donors (Lipinski definition) is 5. The van der Waals surface area contributed by atoms with Gasteiger partial charge in [0.25, 0.3) is 0 Å². The number of nitrogens with two attached hydrogens (primary N) is 1. The largest absolute Gasteiger partial charge is 0.465 e. The Balaban J connectivity index is 1.77. The van der Waals surface area contributed by atoms with Crippen LogP contribution in [-0.2, 0) is 17.6 Å². The van der Waals surface area contributed by atoms with Crippen LogP contribution in [0.3, 0.4) is 0 Å². The van der Waals surface area contributed by atoms with Crippen LogP contribution in [-0.4, -0.2) is 51.4 Å². The Bertz CT molecular complexity index is 1160. The van der Waals surface area contributed by atoms with Crippen molar-refractivity contribution in [2.24, 2.45) is 11.1 Å². The van der Waals surface area contributed by atoms with Gasteiger partial charge in [-0.2, -0.15) is 0 Å². The van der Waals surface area contributed by atoms with Gasteiger partial charge in [-0.1, -0.05) is 81.4 Å². The Kier molecular flexibility index (Phi) is 9.98. The van der Waals surface area contributed by atoms with Gasteiger partial charge in [0, 0.05) is 23.8 Å². The topological polar surface area (TPSA) is 138 Å². The van der Waals surface area contributed by atoms with Crippen molar-refractivity contribution in [2.75, 3.05) is 0 Å². The lowest BCUT2D eigenvalue weighted by molar-refractivity contribution is -0.126. The number of amides is 2. The second kappa shape index (κ2) is 13.2. The van der Waals surface area contributed by atoms with Crippen molar-refractivity contribution in [1.82, 2.24) is 15.6 Å². The van der Waals surface area contributed by atoms with Crippen LogP contribution in [0.25, 0.3) is 11.3 Å². The smallest absolute Gasteiger partial charge is 0.405 e. The summed E-state index contributed by atoms with van der Waals surface area (Å²) < 4.78 is 0. The molecule has 1 heterocycles. The van der Waals surface area contributed by atoms with Gasteiger partial charge < -0.3 is 26.6 Å². The number of nitrogens with one attached hydrogen (secondary N) is 2. The van der Waals surface area contributed by atoms with Gasteiger partial charge >= 0.3 is 6.09 Å². The van der Waals surface area contributed by atoms with E-state index in [1.165, 1.54) is 0 Å². The van der Waals surface area contributed by atoms with Gasteiger partial charge in [0.2, 0.25) is 5.91 Å². The maximum absolute atomic E-state index is 13.2. The predicted molar refractivity (Wildman–Crippen MR) is 148 cm³/mol. The summed E-state index contributed by atoms with van der Waals surface area (Å²) in [4.78, 5) is 29.0. The van der Waals surface area contributed by atoms with Crippen molar-refractivity contribution in [3.63, 3.8) is 0 Å². The third-order valence-electron chi connectivity index (χ3n) is 6.47. The van der Waals surface area contributed by atoms with E-state index in [2.05, 4.69) is 15.6 Å². The number of carboxylic acid groups (broad SMARTS) is 1. The first-order valence-electron chi connectivity index (χ1n) is 12.8. The molecule has 3 aromatic rings. The lowest BCUT2D eigenvalue weighted by atomic mass is 9.85. The molecule has 8 nitrogen and oxygen atoms in total. The standard InChI is InChI=1S/C30H38N4O4/c1-30(2,3)27(34-29(37)38)28(36)33-23(19-26(35)24(31)18-20-9-5-4-6-10-20)17-21-12-14-22(15-13-21)25-11-7-8-16-32-25/h4-16,23-24,26-27,34-35H,17-19,31H2,1-3H3,(H,33,36)(H,37,38). The molecule has 202 valence electrons. The number of rotatable bonds is 11. The number of carbonyl (C=O) groups is 2. The molecular formula is C30H38N4O4. The second-order valence-electron chi connectivity index (χ2n) is 10.7. The third kappa shape index (κ3) is 8.68. The number of benzene rings is 2. The first-order chi connectivity index (χ1) is 18.0. The molecule has 0 saturated heterocycles. The summed E-state index contributed by atoms with van der Waals surface area (Å²) in [6.07, 6.45) is 0.734. The molecule has 0 radical (unpaired) electrons. The fraction of sp³-hybridized carbons (Fsp3) is 0.367. The van der Waals surface area contributed by atoms with Gasteiger partial charge in [-0.05, 0) is 47.9 Å². The zero-order valence-electron chi connectivity index (χ0n) is 22.2. The molecule has 2 aromatic carbocycles. The fourth-order valence-electron chi connectivity index (χ4n) is 4.39. The quantitative estimate of drug-likeness (QED) is 0.262. The average Bonchev–Trinajstić information content (AvgIpc) is 2.88. The number of pyridine rings is 1. The SMILES string of the molecule is CC(C)(C)C(NC(=O)O)C(=O)NC(Cc1ccc(-c2ccccn2)cc1)CC(O)C(N)Cc1ccccc1. The summed E-state index contributed by atoms with van der Waals surface area (Å²) in [6, 6.07) is 21.3. The molecule has 2 amide bonds. The van der Waals surface area contributed by atoms with E-state index in [0.717, 1.165) is 22.4 Å². The Hall–Kier alpha value is -3.75. The molecule has 0 aliphatic rings. The number of carbonyl (C=O) groups excluding carboxylic acids is 1. The maximum atomic E-state index is 13.2. The van der Waals surface area contributed by atoms with Gasteiger partial charge in [-0.3, -0.25) is 9.78 Å². The fourth-order valence-corrected chi connectivity index (χ4v) is 4.39. The van der Waals surface area contributed by atoms with E-state index in [9.17, 15) is 19.8 Å². The van der Waals surface area contributed by atoms with E-state index >= 15 is 0 Å². The molecule has 38 heavy (non-hydrogen) atoms. The number of aromatic nitrogens is 1. The Morgan fingerprint density at radius 3 is 2.11 bits per heavy atom. The van der Waals surface area contributed by atoms with Gasteiger partial charge in [0.05, 0.1) is 11.8 Å². The number of hydrogen-bond acceptors (Lipinski definition) is 5. The van der Waals surface area contributed by atoms with Crippen molar-refractivity contribution < 1.29 is 19.8 Å². The zero-order valence-corrected chi connectivity index (χ0v) is 22.2. The highest BCUT2D eigenvalue weighted by molar-refractivity contribution is 5.86. The highest BCUT2D eigenvalue weighted by atomic mass is 16.4. The van der Waals surface area contributed by atoms with Crippen LogP contribution < -0.4 is 16.4 Å². The van der Waals surface area contributed by atoms with Crippen molar-refractivity contribution in [3.05, 3.63) is 90.1 Å². The van der Waals surface area contributed by atoms with Gasteiger partial charge in [-0.15, -0.1) is 0 Å². The minimum Gasteiger partial charge on any atom is -0.465 e. The molecule has 0 aliphatic heterocycles. The summed E-state index contributed by atoms with van der Waals surface area (Å²) in [7, 11) is 0. The molecule has 0 bridgehead atoms. The van der Waals surface area contributed by atoms with Gasteiger partial charge in [0.1, 0.15) is 6.04 Å². The molecule has 3 rings (SSSR count). The molecule has 6 N–H and O–H groups in total. The van der Waals surface area contributed by atoms with E-state index in [1.54, 1.807) is 27.0 Å². The van der Waals surface area contributed by atoms with Crippen LogP contribution in [0.15, 0.2) is 79.0 Å². The highest BCUT2D eigenvalue weighted by Crippen LogP contribution is 2.22. The monoisotopic (exact) mass is 518 g/mol. The molecule has 4 unspecified atom stereocenters. The van der Waals surface area contributed by atoms with Crippen molar-refractivity contribution in [1.29, 1.82) is 0 Å². The lowest BCUT2D eigenvalue weighted by Crippen LogP contribution is -2.56. The number of nitrogens with zero attached hydrogens (tertiary/aromatic N) is 1. The van der Waals surface area contributed by atoms with Crippen LogP contribution in [0.2, 0.25) is 0 Å². The van der Waals surface area contributed by atoms with Crippen molar-refractivity contribution in [2.45, 2.75) is 64.3 Å². The highest BCUT2D eigenvalue weighted by Gasteiger charge is 2.34. The predicted octanol–water partition coefficient (Wildman–Crippen LogP) is 3.78. The second-order valence-corrected chi connectivity index (χ2v) is 10.7. The summed E-state index contributed by atoms with van der Waals surface area (Å²) in [6.45, 7) is 5.38. The molecule has 0 saturated carbocycles. The van der Waals surface area contributed by atoms with E-state index in [4.69, 9.17) is 5.73 Å². The molecule has 0 fully saturated rings. The first kappa shape index (κ1) is 28.8. The Morgan fingerprint density at radius 2 is 1.53 bits per heavy atom. The maximum Gasteiger partial charge on any atom is 0.405 e. The number of aliphatic hydroxyl groups excluding tert-OH is 1. The summed E-state index contributed by atoms with van der Waals surface area (Å²) in [5.74, 6) is -0.446. The van der Waals surface area contributed by atoms with Crippen molar-refractivity contribution >= 4 is 12.0 Å².